The molecule has 4 rings (SSSR count). The molecule has 2 unspecified atom stereocenters. The number of Topliss-reactive ketones (excluding diaryl/α,β-unsaturated/α-hetero) is 1. The van der Waals surface area contributed by atoms with Crippen LogP contribution in [0.15, 0.2) is 47.6 Å². The number of hydrogen-bond donors (Lipinski definition) is 2. The lowest BCUT2D eigenvalue weighted by Gasteiger charge is -2.43. The molecule has 0 saturated heterocycles. The van der Waals surface area contributed by atoms with Crippen LogP contribution in [0.3, 0.4) is 0 Å². The standard InChI is InChI=1S/C19H30O.C18H30O2/c1-14(8-6-12-18(2,3)4)15-10-11-16-17(20)9-7-13-19(15,16)5;1-13(7-5-11-17(2,3)20)14-9-10-15-16(19)8-6-12-18(14,15)4/h6,10,12,14,16H,7-9,11,13H2,1-5H3;5,9,11,13,15-16,19-20H,6-8,10,12H2,1-4H3/b12-6+;11-5+/t14-,16?,19+;13-,15?,16-,18+/m00/s1. The van der Waals surface area contributed by atoms with Crippen LogP contribution in [0.25, 0.3) is 0 Å². The molecule has 40 heavy (non-hydrogen) atoms. The normalized spacial score (nSPS) is 34.2. The summed E-state index contributed by atoms with van der Waals surface area (Å²) < 4.78 is 0. The molecule has 0 radical (unpaired) electrons. The molecule has 0 aliphatic heterocycles. The van der Waals surface area contributed by atoms with Gasteiger partial charge in [0.25, 0.3) is 0 Å². The Bertz CT molecular complexity index is 999. The molecular formula is C37H60O3. The quantitative estimate of drug-likeness (QED) is 0.310. The minimum Gasteiger partial charge on any atom is -0.393 e. The Morgan fingerprint density at radius 1 is 0.900 bits per heavy atom. The van der Waals surface area contributed by atoms with E-state index in [9.17, 15) is 15.0 Å². The van der Waals surface area contributed by atoms with E-state index in [1.54, 1.807) is 19.4 Å². The van der Waals surface area contributed by atoms with Crippen LogP contribution in [-0.2, 0) is 4.79 Å². The van der Waals surface area contributed by atoms with Gasteiger partial charge in [0.2, 0.25) is 0 Å². The highest BCUT2D eigenvalue weighted by atomic mass is 16.3. The van der Waals surface area contributed by atoms with Gasteiger partial charge in [0.15, 0.2) is 0 Å². The van der Waals surface area contributed by atoms with Crippen LogP contribution in [0.4, 0.5) is 0 Å². The molecule has 0 heterocycles. The number of aliphatic hydroxyl groups excluding tert-OH is 1. The maximum atomic E-state index is 12.1. The summed E-state index contributed by atoms with van der Waals surface area (Å²) in [5.74, 6) is 2.26. The number of carbonyl (C=O) groups excluding carboxylic acids is 1. The Labute approximate surface area is 246 Å². The van der Waals surface area contributed by atoms with Gasteiger partial charge in [-0.25, -0.2) is 0 Å². The van der Waals surface area contributed by atoms with Crippen LogP contribution < -0.4 is 0 Å². The molecule has 4 aliphatic carbocycles. The van der Waals surface area contributed by atoms with Gasteiger partial charge in [-0.2, -0.15) is 0 Å². The predicted octanol–water partition coefficient (Wildman–Crippen LogP) is 9.16. The van der Waals surface area contributed by atoms with Gasteiger partial charge in [0, 0.05) is 12.3 Å². The molecule has 0 aromatic carbocycles. The topological polar surface area (TPSA) is 57.5 Å². The summed E-state index contributed by atoms with van der Waals surface area (Å²) in [5.41, 5.74) is 2.97. The highest BCUT2D eigenvalue weighted by Gasteiger charge is 2.48. The molecule has 0 bridgehead atoms. The number of ketones is 1. The Hall–Kier alpha value is -1.45. The molecule has 0 aromatic rings. The van der Waals surface area contributed by atoms with Crippen LogP contribution in [0.1, 0.15) is 127 Å². The van der Waals surface area contributed by atoms with E-state index in [0.29, 0.717) is 23.5 Å². The molecule has 0 spiro atoms. The van der Waals surface area contributed by atoms with Gasteiger partial charge in [0.05, 0.1) is 11.7 Å². The fraction of sp³-hybridized carbons (Fsp3) is 0.757. The van der Waals surface area contributed by atoms with E-state index in [2.05, 4.69) is 78.8 Å². The van der Waals surface area contributed by atoms with Crippen LogP contribution >= 0.6 is 0 Å². The zero-order valence-corrected chi connectivity index (χ0v) is 27.2. The van der Waals surface area contributed by atoms with Crippen molar-refractivity contribution in [2.75, 3.05) is 0 Å². The molecule has 226 valence electrons. The number of carbonyl (C=O) groups is 1. The van der Waals surface area contributed by atoms with Crippen molar-refractivity contribution in [3.05, 3.63) is 47.6 Å². The fourth-order valence-corrected chi connectivity index (χ4v) is 8.27. The maximum Gasteiger partial charge on any atom is 0.137 e. The molecule has 4 aliphatic rings. The smallest absolute Gasteiger partial charge is 0.137 e. The van der Waals surface area contributed by atoms with Crippen molar-refractivity contribution in [1.29, 1.82) is 0 Å². The zero-order valence-electron chi connectivity index (χ0n) is 27.2. The monoisotopic (exact) mass is 552 g/mol. The average Bonchev–Trinajstić information content (AvgIpc) is 3.36. The molecule has 0 amide bonds. The van der Waals surface area contributed by atoms with E-state index < -0.39 is 5.60 Å². The first kappa shape index (κ1) is 33.1. The highest BCUT2D eigenvalue weighted by molar-refractivity contribution is 5.84. The fourth-order valence-electron chi connectivity index (χ4n) is 8.27. The first-order chi connectivity index (χ1) is 18.5. The Kier molecular flexibility index (Phi) is 10.6. The van der Waals surface area contributed by atoms with Gasteiger partial charge < -0.3 is 10.2 Å². The molecule has 0 aromatic heterocycles. The number of aliphatic hydroxyl groups is 2. The number of allylic oxidation sites excluding steroid dienone is 7. The lowest BCUT2D eigenvalue weighted by Crippen LogP contribution is -2.39. The summed E-state index contributed by atoms with van der Waals surface area (Å²) in [6.07, 6.45) is 23.7. The first-order valence-corrected chi connectivity index (χ1v) is 16.2. The molecule has 2 fully saturated rings. The number of hydrogen-bond acceptors (Lipinski definition) is 3. The lowest BCUT2D eigenvalue weighted by atomic mass is 9.63. The average molecular weight is 553 g/mol. The van der Waals surface area contributed by atoms with Crippen molar-refractivity contribution in [3.63, 3.8) is 0 Å². The Balaban J connectivity index is 0.000000220. The Morgan fingerprint density at radius 3 is 2.05 bits per heavy atom. The zero-order chi connectivity index (χ0) is 29.9. The second kappa shape index (κ2) is 12.8. The second-order valence-corrected chi connectivity index (χ2v) is 15.7. The Morgan fingerprint density at radius 2 is 1.45 bits per heavy atom. The molecular weight excluding hydrogens is 492 g/mol. The summed E-state index contributed by atoms with van der Waals surface area (Å²) in [4.78, 5) is 12.1. The van der Waals surface area contributed by atoms with Crippen molar-refractivity contribution in [2.24, 2.45) is 39.9 Å². The highest BCUT2D eigenvalue weighted by Crippen LogP contribution is 2.55. The molecule has 3 heteroatoms. The van der Waals surface area contributed by atoms with Crippen molar-refractivity contribution >= 4 is 5.78 Å². The van der Waals surface area contributed by atoms with E-state index in [1.807, 2.05) is 6.08 Å². The molecule has 7 atom stereocenters. The summed E-state index contributed by atoms with van der Waals surface area (Å²) in [5, 5.41) is 20.0. The maximum absolute atomic E-state index is 12.1. The summed E-state index contributed by atoms with van der Waals surface area (Å²) >= 11 is 0. The minimum absolute atomic E-state index is 0.124. The molecule has 2 saturated carbocycles. The number of rotatable bonds is 7. The van der Waals surface area contributed by atoms with E-state index in [-0.39, 0.29) is 28.3 Å². The van der Waals surface area contributed by atoms with Crippen molar-refractivity contribution < 1.29 is 15.0 Å². The second-order valence-electron chi connectivity index (χ2n) is 15.7. The third kappa shape index (κ3) is 7.88. The van der Waals surface area contributed by atoms with Crippen molar-refractivity contribution in [2.45, 2.75) is 138 Å². The van der Waals surface area contributed by atoms with Gasteiger partial charge in [-0.3, -0.25) is 4.79 Å². The summed E-state index contributed by atoms with van der Waals surface area (Å²) in [6.45, 7) is 19.6. The van der Waals surface area contributed by atoms with Crippen LogP contribution in [0.2, 0.25) is 0 Å². The summed E-state index contributed by atoms with van der Waals surface area (Å²) in [7, 11) is 0. The van der Waals surface area contributed by atoms with Crippen molar-refractivity contribution in [1.82, 2.24) is 0 Å². The largest absolute Gasteiger partial charge is 0.393 e. The van der Waals surface area contributed by atoms with Crippen LogP contribution in [0, 0.1) is 39.9 Å². The van der Waals surface area contributed by atoms with Gasteiger partial charge in [-0.15, -0.1) is 0 Å². The van der Waals surface area contributed by atoms with E-state index in [0.717, 1.165) is 51.4 Å². The first-order valence-electron chi connectivity index (χ1n) is 16.2. The van der Waals surface area contributed by atoms with Gasteiger partial charge in [-0.05, 0) is 106 Å². The van der Waals surface area contributed by atoms with Crippen LogP contribution in [0.5, 0.6) is 0 Å². The number of fused-ring (bicyclic) bond motifs is 2. The van der Waals surface area contributed by atoms with Gasteiger partial charge in [0.1, 0.15) is 5.78 Å². The minimum atomic E-state index is -0.725. The van der Waals surface area contributed by atoms with E-state index in [4.69, 9.17) is 0 Å². The summed E-state index contributed by atoms with van der Waals surface area (Å²) in [6, 6.07) is 0. The van der Waals surface area contributed by atoms with Gasteiger partial charge >= 0.3 is 0 Å². The van der Waals surface area contributed by atoms with Crippen molar-refractivity contribution in [3.8, 4) is 0 Å². The van der Waals surface area contributed by atoms with Gasteiger partial charge in [-0.1, -0.05) is 96.1 Å². The third-order valence-electron chi connectivity index (χ3n) is 10.4. The predicted molar refractivity (Wildman–Crippen MR) is 169 cm³/mol. The lowest BCUT2D eigenvalue weighted by molar-refractivity contribution is -0.128. The van der Waals surface area contributed by atoms with Crippen LogP contribution in [-0.4, -0.2) is 27.7 Å². The SMILES string of the molecule is C[C@@H](C/C=C/C(C)(C)C)C1=CCC2C(=O)CCC[C@]12C.C[C@@H](C/C=C/C(C)(C)O)C1=CCC2[C@@H](O)CCC[C@]12C. The third-order valence-corrected chi connectivity index (χ3v) is 10.4. The van der Waals surface area contributed by atoms with E-state index >= 15 is 0 Å². The molecule has 2 N–H and O–H groups in total. The molecule has 3 nitrogen and oxygen atoms in total. The van der Waals surface area contributed by atoms with E-state index in [1.165, 1.54) is 18.4 Å².